The zero-order chi connectivity index (χ0) is 24.4. The number of aliphatic hydroxyl groups is 1. The number of nitrogens with zero attached hydrogens (tertiary/aromatic N) is 2. The lowest BCUT2D eigenvalue weighted by atomic mass is 10.00. The summed E-state index contributed by atoms with van der Waals surface area (Å²) in [6.45, 7) is 5.90. The largest absolute Gasteiger partial charge is 0.507 e. The molecule has 0 aliphatic carbocycles. The average molecular weight is 499 g/mol. The van der Waals surface area contributed by atoms with E-state index >= 15 is 0 Å². The molecule has 0 bridgehead atoms. The van der Waals surface area contributed by atoms with Gasteiger partial charge in [-0.3, -0.25) is 14.5 Å². The molecule has 3 heterocycles. The molecular formula is C24H22N2O6S2. The van der Waals surface area contributed by atoms with Crippen LogP contribution in [0.25, 0.3) is 5.76 Å². The zero-order valence-corrected chi connectivity index (χ0v) is 20.4. The first-order valence-electron chi connectivity index (χ1n) is 10.6. The Morgan fingerprint density at radius 3 is 2.50 bits per heavy atom. The Labute approximate surface area is 204 Å². The predicted octanol–water partition coefficient (Wildman–Crippen LogP) is 4.71. The molecule has 1 amide bonds. The van der Waals surface area contributed by atoms with E-state index in [1.54, 1.807) is 50.2 Å². The van der Waals surface area contributed by atoms with Gasteiger partial charge in [-0.05, 0) is 56.5 Å². The number of ether oxygens (including phenoxy) is 2. The van der Waals surface area contributed by atoms with E-state index in [0.717, 1.165) is 11.3 Å². The minimum atomic E-state index is -0.882. The molecule has 34 heavy (non-hydrogen) atoms. The van der Waals surface area contributed by atoms with E-state index in [2.05, 4.69) is 4.98 Å². The van der Waals surface area contributed by atoms with Crippen LogP contribution in [0.15, 0.2) is 47.4 Å². The number of rotatable bonds is 7. The maximum atomic E-state index is 13.2. The minimum Gasteiger partial charge on any atom is -0.507 e. The number of aryl methyl sites for hydroxylation is 1. The summed E-state index contributed by atoms with van der Waals surface area (Å²) in [6.07, 6.45) is 0. The van der Waals surface area contributed by atoms with E-state index < -0.39 is 23.7 Å². The Kier molecular flexibility index (Phi) is 6.80. The summed E-state index contributed by atoms with van der Waals surface area (Å²) in [6, 6.07) is 9.33. The summed E-state index contributed by atoms with van der Waals surface area (Å²) in [5, 5.41) is 13.1. The first kappa shape index (κ1) is 23.7. The first-order valence-corrected chi connectivity index (χ1v) is 12.3. The zero-order valence-electron chi connectivity index (χ0n) is 18.7. The highest BCUT2D eigenvalue weighted by Gasteiger charge is 2.48. The molecule has 0 radical (unpaired) electrons. The Bertz CT molecular complexity index is 1260. The van der Waals surface area contributed by atoms with Gasteiger partial charge in [0.1, 0.15) is 22.4 Å². The summed E-state index contributed by atoms with van der Waals surface area (Å²) in [4.78, 5) is 45.2. The second-order valence-corrected chi connectivity index (χ2v) is 9.23. The molecule has 1 N–H and O–H groups in total. The Hall–Kier alpha value is -3.50. The maximum absolute atomic E-state index is 13.2. The van der Waals surface area contributed by atoms with Gasteiger partial charge in [-0.15, -0.1) is 11.3 Å². The molecule has 1 saturated heterocycles. The SMILES string of the molecule is CCOC(=O)c1sc(N2C(=O)C(=O)/C(=C(/O)c3ccc(OCC)cc3)C2c2cccs2)nc1C. The summed E-state index contributed by atoms with van der Waals surface area (Å²) < 4.78 is 10.5. The Morgan fingerprint density at radius 1 is 1.15 bits per heavy atom. The molecule has 4 rings (SSSR count). The van der Waals surface area contributed by atoms with Gasteiger partial charge in [0.05, 0.1) is 24.5 Å². The number of anilines is 1. The normalized spacial score (nSPS) is 17.3. The molecule has 1 atom stereocenters. The molecule has 176 valence electrons. The van der Waals surface area contributed by atoms with E-state index in [-0.39, 0.29) is 27.9 Å². The third-order valence-electron chi connectivity index (χ3n) is 5.15. The summed E-state index contributed by atoms with van der Waals surface area (Å²) >= 11 is 2.33. The number of hydrogen-bond donors (Lipinski definition) is 1. The number of esters is 1. The summed E-state index contributed by atoms with van der Waals surface area (Å²) in [7, 11) is 0. The van der Waals surface area contributed by atoms with Crippen molar-refractivity contribution < 1.29 is 29.0 Å². The number of thiophene rings is 1. The molecule has 8 nitrogen and oxygen atoms in total. The predicted molar refractivity (Wildman–Crippen MR) is 130 cm³/mol. The summed E-state index contributed by atoms with van der Waals surface area (Å²) in [5.41, 5.74) is 0.740. The van der Waals surface area contributed by atoms with Crippen LogP contribution in [-0.2, 0) is 14.3 Å². The van der Waals surface area contributed by atoms with Crippen LogP contribution in [-0.4, -0.2) is 41.0 Å². The molecule has 1 aliphatic heterocycles. The van der Waals surface area contributed by atoms with Gasteiger partial charge in [-0.1, -0.05) is 17.4 Å². The van der Waals surface area contributed by atoms with Gasteiger partial charge in [0.25, 0.3) is 5.78 Å². The highest BCUT2D eigenvalue weighted by Crippen LogP contribution is 2.45. The number of aromatic nitrogens is 1. The summed E-state index contributed by atoms with van der Waals surface area (Å²) in [5.74, 6) is -1.85. The molecular weight excluding hydrogens is 476 g/mol. The molecule has 1 aromatic carbocycles. The highest BCUT2D eigenvalue weighted by molar-refractivity contribution is 7.18. The lowest BCUT2D eigenvalue weighted by Gasteiger charge is -2.21. The van der Waals surface area contributed by atoms with Crippen molar-refractivity contribution in [2.45, 2.75) is 26.8 Å². The smallest absolute Gasteiger partial charge is 0.350 e. The van der Waals surface area contributed by atoms with E-state index in [1.165, 1.54) is 16.2 Å². The van der Waals surface area contributed by atoms with Crippen molar-refractivity contribution in [1.82, 2.24) is 4.98 Å². The van der Waals surface area contributed by atoms with Crippen molar-refractivity contribution in [3.8, 4) is 5.75 Å². The van der Waals surface area contributed by atoms with Gasteiger partial charge in [0, 0.05) is 10.4 Å². The average Bonchev–Trinajstić information content (AvgIpc) is 3.53. The fourth-order valence-corrected chi connectivity index (χ4v) is 5.46. The number of carbonyl (C=O) groups excluding carboxylic acids is 3. The number of benzene rings is 1. The van der Waals surface area contributed by atoms with E-state index in [0.29, 0.717) is 28.5 Å². The number of aliphatic hydroxyl groups excluding tert-OH is 1. The van der Waals surface area contributed by atoms with Crippen LogP contribution in [0.1, 0.15) is 45.7 Å². The third-order valence-corrected chi connectivity index (χ3v) is 7.21. The van der Waals surface area contributed by atoms with Crippen molar-refractivity contribution in [3.63, 3.8) is 0 Å². The van der Waals surface area contributed by atoms with Crippen LogP contribution in [0.4, 0.5) is 5.13 Å². The molecule has 10 heteroatoms. The number of Topliss-reactive ketones (excluding diaryl/α,β-unsaturated/α-hetero) is 1. The van der Waals surface area contributed by atoms with Crippen molar-refractivity contribution in [1.29, 1.82) is 0 Å². The van der Waals surface area contributed by atoms with Crippen LogP contribution in [0.2, 0.25) is 0 Å². The topological polar surface area (TPSA) is 106 Å². The third kappa shape index (κ3) is 4.22. The second kappa shape index (κ2) is 9.78. The second-order valence-electron chi connectivity index (χ2n) is 7.27. The van der Waals surface area contributed by atoms with Gasteiger partial charge < -0.3 is 14.6 Å². The molecule has 0 saturated carbocycles. The highest BCUT2D eigenvalue weighted by atomic mass is 32.1. The molecule has 0 spiro atoms. The van der Waals surface area contributed by atoms with Gasteiger partial charge in [-0.25, -0.2) is 9.78 Å². The van der Waals surface area contributed by atoms with Crippen LogP contribution in [0.3, 0.4) is 0 Å². The van der Waals surface area contributed by atoms with Gasteiger partial charge in [0.2, 0.25) is 0 Å². The monoisotopic (exact) mass is 498 g/mol. The standard InChI is InChI=1S/C24H22N2O6S2/c1-4-31-15-10-8-14(9-11-15)19(27)17-18(16-7-6-12-33-16)26(22(29)20(17)28)24-25-13(3)21(34-24)23(30)32-5-2/h6-12,18,27H,4-5H2,1-3H3/b19-17+. The Morgan fingerprint density at radius 2 is 1.88 bits per heavy atom. The van der Waals surface area contributed by atoms with Crippen LogP contribution >= 0.6 is 22.7 Å². The molecule has 1 unspecified atom stereocenters. The lowest BCUT2D eigenvalue weighted by molar-refractivity contribution is -0.132. The number of hydrogen-bond acceptors (Lipinski definition) is 9. The van der Waals surface area contributed by atoms with Gasteiger partial charge in [-0.2, -0.15) is 0 Å². The van der Waals surface area contributed by atoms with Crippen LogP contribution in [0, 0.1) is 6.92 Å². The first-order chi connectivity index (χ1) is 16.4. The maximum Gasteiger partial charge on any atom is 0.350 e. The number of ketones is 1. The molecule has 1 aliphatic rings. The van der Waals surface area contributed by atoms with Crippen molar-refractivity contribution >= 4 is 51.2 Å². The fourth-order valence-electron chi connectivity index (χ4n) is 3.65. The minimum absolute atomic E-state index is 0.0397. The number of thiazole rings is 1. The van der Waals surface area contributed by atoms with E-state index in [4.69, 9.17) is 9.47 Å². The quantitative estimate of drug-likeness (QED) is 0.218. The van der Waals surface area contributed by atoms with Crippen molar-refractivity contribution in [2.75, 3.05) is 18.1 Å². The fraction of sp³-hybridized carbons (Fsp3) is 0.250. The Balaban J connectivity index is 1.83. The van der Waals surface area contributed by atoms with Gasteiger partial charge in [0.15, 0.2) is 5.13 Å². The van der Waals surface area contributed by atoms with Crippen molar-refractivity contribution in [2.24, 2.45) is 0 Å². The molecule has 1 fully saturated rings. The molecule has 2 aromatic heterocycles. The number of carbonyl (C=O) groups is 3. The van der Waals surface area contributed by atoms with Crippen LogP contribution < -0.4 is 9.64 Å². The lowest BCUT2D eigenvalue weighted by Crippen LogP contribution is -2.29. The molecule has 3 aromatic rings. The van der Waals surface area contributed by atoms with Crippen molar-refractivity contribution in [3.05, 3.63) is 68.4 Å². The number of amides is 1. The van der Waals surface area contributed by atoms with E-state index in [9.17, 15) is 19.5 Å². The van der Waals surface area contributed by atoms with Gasteiger partial charge >= 0.3 is 11.9 Å². The van der Waals surface area contributed by atoms with E-state index in [1.807, 2.05) is 12.3 Å². The van der Waals surface area contributed by atoms with Crippen LogP contribution in [0.5, 0.6) is 5.75 Å².